The molecule has 0 bridgehead atoms. The highest BCUT2D eigenvalue weighted by Crippen LogP contribution is 2.40. The highest BCUT2D eigenvalue weighted by molar-refractivity contribution is 8.04. The number of benzene rings is 2. The van der Waals surface area contributed by atoms with Gasteiger partial charge in [-0.3, -0.25) is 14.5 Å². The maximum atomic E-state index is 12.8. The van der Waals surface area contributed by atoms with E-state index in [1.54, 1.807) is 36.4 Å². The van der Waals surface area contributed by atoms with Crippen molar-refractivity contribution in [1.82, 2.24) is 4.90 Å². The number of hydrogen-bond donors (Lipinski definition) is 0. The van der Waals surface area contributed by atoms with Gasteiger partial charge >= 0.3 is 0 Å². The molecule has 2 aromatic rings. The van der Waals surface area contributed by atoms with Crippen LogP contribution in [-0.2, 0) is 9.59 Å². The topological polar surface area (TPSA) is 37.4 Å². The first-order valence-electron chi connectivity index (χ1n) is 7.81. The van der Waals surface area contributed by atoms with Crippen LogP contribution in [0.4, 0.5) is 0 Å². The minimum Gasteiger partial charge on any atom is -0.274 e. The summed E-state index contributed by atoms with van der Waals surface area (Å²) >= 11 is 13.2. The molecule has 1 heterocycles. The summed E-state index contributed by atoms with van der Waals surface area (Å²) in [4.78, 5) is 28.2. The van der Waals surface area contributed by atoms with Gasteiger partial charge in [0.25, 0.3) is 11.8 Å². The number of halogens is 2. The van der Waals surface area contributed by atoms with Crippen LogP contribution in [0.25, 0.3) is 5.57 Å². The van der Waals surface area contributed by atoms with Crippen molar-refractivity contribution in [3.8, 4) is 0 Å². The molecule has 0 unspecified atom stereocenters. The van der Waals surface area contributed by atoms with Gasteiger partial charge in [-0.15, -0.1) is 0 Å². The first-order valence-corrected chi connectivity index (χ1v) is 9.38. The minimum absolute atomic E-state index is 0.253. The summed E-state index contributed by atoms with van der Waals surface area (Å²) in [6, 6.07) is 14.2. The standard InChI is InChI=1S/C19H15Cl2NO2S/c1-2-11-22-18(23)16(12-3-5-13(20)6-4-12)17(19(22)24)25-15-9-7-14(21)8-10-15/h3-10H,2,11H2,1H3. The first kappa shape index (κ1) is 18.1. The number of carbonyl (C=O) groups is 2. The molecule has 2 amide bonds. The number of rotatable bonds is 5. The summed E-state index contributed by atoms with van der Waals surface area (Å²) in [5, 5.41) is 1.20. The lowest BCUT2D eigenvalue weighted by Crippen LogP contribution is -2.32. The lowest BCUT2D eigenvalue weighted by molar-refractivity contribution is -0.136. The number of imide groups is 1. The molecule has 128 valence electrons. The van der Waals surface area contributed by atoms with Crippen LogP contribution in [0, 0.1) is 0 Å². The number of hydrogen-bond acceptors (Lipinski definition) is 3. The van der Waals surface area contributed by atoms with E-state index in [1.165, 1.54) is 16.7 Å². The van der Waals surface area contributed by atoms with Crippen molar-refractivity contribution in [2.24, 2.45) is 0 Å². The number of thioether (sulfide) groups is 1. The van der Waals surface area contributed by atoms with Gasteiger partial charge in [-0.1, -0.05) is 54.0 Å². The first-order chi connectivity index (χ1) is 12.0. The molecule has 1 aliphatic heterocycles. The molecular weight excluding hydrogens is 377 g/mol. The van der Waals surface area contributed by atoms with E-state index in [1.807, 2.05) is 19.1 Å². The third-order valence-electron chi connectivity index (χ3n) is 3.74. The molecule has 0 radical (unpaired) electrons. The molecule has 0 saturated heterocycles. The van der Waals surface area contributed by atoms with Gasteiger partial charge in [0.15, 0.2) is 0 Å². The molecule has 2 aromatic carbocycles. The summed E-state index contributed by atoms with van der Waals surface area (Å²) in [6.45, 7) is 2.34. The van der Waals surface area contributed by atoms with Gasteiger partial charge < -0.3 is 0 Å². The van der Waals surface area contributed by atoms with E-state index in [-0.39, 0.29) is 11.8 Å². The SMILES string of the molecule is CCCN1C(=O)C(Sc2ccc(Cl)cc2)=C(c2ccc(Cl)cc2)C1=O. The molecule has 0 aromatic heterocycles. The predicted octanol–water partition coefficient (Wildman–Crippen LogP) is 5.28. The molecule has 0 atom stereocenters. The van der Waals surface area contributed by atoms with Crippen molar-refractivity contribution in [1.29, 1.82) is 0 Å². The Bertz CT molecular complexity index is 845. The predicted molar refractivity (Wildman–Crippen MR) is 103 cm³/mol. The average molecular weight is 392 g/mol. The van der Waals surface area contributed by atoms with Gasteiger partial charge in [-0.2, -0.15) is 0 Å². The molecule has 0 saturated carbocycles. The van der Waals surface area contributed by atoms with Crippen LogP contribution >= 0.6 is 35.0 Å². The van der Waals surface area contributed by atoms with Crippen LogP contribution in [0.5, 0.6) is 0 Å². The minimum atomic E-state index is -0.259. The average Bonchev–Trinajstić information content (AvgIpc) is 2.83. The molecule has 0 aliphatic carbocycles. The van der Waals surface area contributed by atoms with Crippen LogP contribution in [0.15, 0.2) is 58.3 Å². The Hall–Kier alpha value is -1.75. The van der Waals surface area contributed by atoms with Crippen molar-refractivity contribution < 1.29 is 9.59 Å². The van der Waals surface area contributed by atoms with Gasteiger partial charge in [0.2, 0.25) is 0 Å². The Morgan fingerprint density at radius 3 is 2.00 bits per heavy atom. The molecular formula is C19H15Cl2NO2S. The number of nitrogens with zero attached hydrogens (tertiary/aromatic N) is 1. The lowest BCUT2D eigenvalue weighted by Gasteiger charge is -2.13. The molecule has 3 rings (SSSR count). The number of amides is 2. The van der Waals surface area contributed by atoms with E-state index in [4.69, 9.17) is 23.2 Å². The Morgan fingerprint density at radius 2 is 1.44 bits per heavy atom. The quantitative estimate of drug-likeness (QED) is 0.650. The van der Waals surface area contributed by atoms with Gasteiger partial charge in [0.1, 0.15) is 0 Å². The zero-order valence-electron chi connectivity index (χ0n) is 13.5. The monoisotopic (exact) mass is 391 g/mol. The fraction of sp³-hybridized carbons (Fsp3) is 0.158. The smallest absolute Gasteiger partial charge is 0.268 e. The van der Waals surface area contributed by atoms with Gasteiger partial charge in [0, 0.05) is 21.5 Å². The highest BCUT2D eigenvalue weighted by atomic mass is 35.5. The second kappa shape index (κ2) is 7.65. The molecule has 6 heteroatoms. The van der Waals surface area contributed by atoms with E-state index in [0.29, 0.717) is 39.1 Å². The summed E-state index contributed by atoms with van der Waals surface area (Å²) in [5.74, 6) is -0.512. The van der Waals surface area contributed by atoms with Crippen molar-refractivity contribution in [2.45, 2.75) is 18.2 Å². The van der Waals surface area contributed by atoms with Gasteiger partial charge in [-0.25, -0.2) is 0 Å². The van der Waals surface area contributed by atoms with Crippen LogP contribution in [0.2, 0.25) is 10.0 Å². The van der Waals surface area contributed by atoms with Crippen LogP contribution in [0.1, 0.15) is 18.9 Å². The van der Waals surface area contributed by atoms with Crippen LogP contribution in [-0.4, -0.2) is 23.3 Å². The lowest BCUT2D eigenvalue weighted by atomic mass is 10.1. The van der Waals surface area contributed by atoms with Gasteiger partial charge in [-0.05, 0) is 48.4 Å². The summed E-state index contributed by atoms with van der Waals surface area (Å²) in [7, 11) is 0. The molecule has 3 nitrogen and oxygen atoms in total. The highest BCUT2D eigenvalue weighted by Gasteiger charge is 2.38. The van der Waals surface area contributed by atoms with E-state index < -0.39 is 0 Å². The van der Waals surface area contributed by atoms with Crippen LogP contribution in [0.3, 0.4) is 0 Å². The summed E-state index contributed by atoms with van der Waals surface area (Å²) in [5.41, 5.74) is 1.12. The molecule has 0 fully saturated rings. The molecule has 1 aliphatic rings. The molecule has 0 spiro atoms. The fourth-order valence-electron chi connectivity index (χ4n) is 2.57. The zero-order valence-corrected chi connectivity index (χ0v) is 15.8. The Balaban J connectivity index is 2.05. The van der Waals surface area contributed by atoms with E-state index in [0.717, 1.165) is 4.90 Å². The largest absolute Gasteiger partial charge is 0.274 e. The van der Waals surface area contributed by atoms with Crippen molar-refractivity contribution in [2.75, 3.05) is 6.54 Å². The zero-order chi connectivity index (χ0) is 18.0. The second-order valence-electron chi connectivity index (χ2n) is 5.53. The normalized spacial score (nSPS) is 14.6. The van der Waals surface area contributed by atoms with E-state index in [9.17, 15) is 9.59 Å². The maximum Gasteiger partial charge on any atom is 0.268 e. The Labute approximate surface area is 160 Å². The summed E-state index contributed by atoms with van der Waals surface area (Å²) in [6.07, 6.45) is 0.713. The van der Waals surface area contributed by atoms with Crippen LogP contribution < -0.4 is 0 Å². The fourth-order valence-corrected chi connectivity index (χ4v) is 3.83. The second-order valence-corrected chi connectivity index (χ2v) is 7.49. The summed E-state index contributed by atoms with van der Waals surface area (Å²) < 4.78 is 0. The molecule has 0 N–H and O–H groups in total. The van der Waals surface area contributed by atoms with Crippen molar-refractivity contribution in [3.63, 3.8) is 0 Å². The Morgan fingerprint density at radius 1 is 0.880 bits per heavy atom. The third-order valence-corrected chi connectivity index (χ3v) is 5.33. The van der Waals surface area contributed by atoms with E-state index >= 15 is 0 Å². The Kier molecular flexibility index (Phi) is 5.52. The maximum absolute atomic E-state index is 12.8. The third kappa shape index (κ3) is 3.76. The number of carbonyl (C=O) groups excluding carboxylic acids is 2. The van der Waals surface area contributed by atoms with E-state index in [2.05, 4.69) is 0 Å². The van der Waals surface area contributed by atoms with Crippen molar-refractivity contribution in [3.05, 3.63) is 69.0 Å². The van der Waals surface area contributed by atoms with Crippen molar-refractivity contribution >= 4 is 52.4 Å². The molecule has 25 heavy (non-hydrogen) atoms. The van der Waals surface area contributed by atoms with Gasteiger partial charge in [0.05, 0.1) is 10.5 Å².